The zero-order valence-corrected chi connectivity index (χ0v) is 8.71. The third-order valence-corrected chi connectivity index (χ3v) is 2.80. The van der Waals surface area contributed by atoms with Crippen molar-refractivity contribution < 1.29 is 9.72 Å². The number of ketones is 1. The number of pyridine rings is 1. The summed E-state index contributed by atoms with van der Waals surface area (Å²) in [5.41, 5.74) is 0.530. The minimum Gasteiger partial charge on any atom is -0.292 e. The van der Waals surface area contributed by atoms with E-state index in [1.54, 1.807) is 0 Å². The number of fused-ring (bicyclic) bond motifs is 1. The molecule has 2 aromatic heterocycles. The molecule has 2 heterocycles. The molecular weight excluding hydrogens is 224 g/mol. The van der Waals surface area contributed by atoms with Crippen molar-refractivity contribution in [2.75, 3.05) is 0 Å². The van der Waals surface area contributed by atoms with Gasteiger partial charge < -0.3 is 0 Å². The van der Waals surface area contributed by atoms with Crippen molar-refractivity contribution in [2.45, 2.75) is 12.8 Å². The monoisotopic (exact) mass is 232 g/mol. The Labute approximate surface area is 95.0 Å². The molecule has 0 aliphatic heterocycles. The lowest BCUT2D eigenvalue weighted by Crippen LogP contribution is -2.02. The molecular formula is C10H8N4O3. The molecule has 7 heteroatoms. The van der Waals surface area contributed by atoms with Gasteiger partial charge in [0.05, 0.1) is 10.3 Å². The highest BCUT2D eigenvalue weighted by atomic mass is 16.6. The van der Waals surface area contributed by atoms with Crippen LogP contribution in [0.4, 0.5) is 5.69 Å². The Bertz CT molecular complexity index is 630. The molecule has 1 fully saturated rings. The van der Waals surface area contributed by atoms with Crippen LogP contribution in [0.5, 0.6) is 0 Å². The highest BCUT2D eigenvalue weighted by Crippen LogP contribution is 2.34. The van der Waals surface area contributed by atoms with Crippen LogP contribution in [0.3, 0.4) is 0 Å². The van der Waals surface area contributed by atoms with Gasteiger partial charge in [0, 0.05) is 12.0 Å². The van der Waals surface area contributed by atoms with Gasteiger partial charge >= 0.3 is 0 Å². The summed E-state index contributed by atoms with van der Waals surface area (Å²) in [6, 6.07) is 1.33. The first kappa shape index (κ1) is 9.88. The third kappa shape index (κ3) is 1.55. The van der Waals surface area contributed by atoms with Crippen molar-refractivity contribution in [3.8, 4) is 0 Å². The fraction of sp³-hybridized carbons (Fsp3) is 0.300. The maximum absolute atomic E-state index is 11.9. The number of carbonyl (C=O) groups is 1. The SMILES string of the molecule is O=C(c1[nH]nc2ncc([N+](=O)[O-])cc12)C1CC1. The van der Waals surface area contributed by atoms with Gasteiger partial charge in [0.15, 0.2) is 11.4 Å². The number of rotatable bonds is 3. The average Bonchev–Trinajstić information content (AvgIpc) is 3.07. The second kappa shape index (κ2) is 3.34. The standard InChI is InChI=1S/C10H8N4O3/c15-9(5-1-2-5)8-7-3-6(14(16)17)4-11-10(7)13-12-8/h3-5H,1-2H2,(H,11,12,13). The van der Waals surface area contributed by atoms with Gasteiger partial charge in [-0.15, -0.1) is 0 Å². The lowest BCUT2D eigenvalue weighted by Gasteiger charge is -1.95. The van der Waals surface area contributed by atoms with Crippen molar-refractivity contribution in [1.82, 2.24) is 15.2 Å². The molecule has 0 saturated heterocycles. The molecule has 3 rings (SSSR count). The Kier molecular flexibility index (Phi) is 1.94. The Balaban J connectivity index is 2.15. The van der Waals surface area contributed by atoms with E-state index in [4.69, 9.17) is 0 Å². The van der Waals surface area contributed by atoms with Gasteiger partial charge in [-0.2, -0.15) is 5.10 Å². The zero-order chi connectivity index (χ0) is 12.0. The highest BCUT2D eigenvalue weighted by Gasteiger charge is 2.33. The molecule has 1 saturated carbocycles. The number of aromatic amines is 1. The number of hydrogen-bond donors (Lipinski definition) is 1. The van der Waals surface area contributed by atoms with Crippen LogP contribution < -0.4 is 0 Å². The molecule has 0 aromatic carbocycles. The first-order valence-corrected chi connectivity index (χ1v) is 5.19. The van der Waals surface area contributed by atoms with Crippen LogP contribution >= 0.6 is 0 Å². The lowest BCUT2D eigenvalue weighted by atomic mass is 10.1. The summed E-state index contributed by atoms with van der Waals surface area (Å²) >= 11 is 0. The van der Waals surface area contributed by atoms with Crippen LogP contribution in [0.25, 0.3) is 11.0 Å². The summed E-state index contributed by atoms with van der Waals surface area (Å²) in [5, 5.41) is 17.6. The predicted octanol–water partition coefficient (Wildman–Crippen LogP) is 1.46. The van der Waals surface area contributed by atoms with Crippen LogP contribution in [-0.2, 0) is 0 Å². The van der Waals surface area contributed by atoms with Crippen LogP contribution in [0, 0.1) is 16.0 Å². The summed E-state index contributed by atoms with van der Waals surface area (Å²) in [4.78, 5) is 25.9. The van der Waals surface area contributed by atoms with Gasteiger partial charge in [0.1, 0.15) is 11.9 Å². The number of carbonyl (C=O) groups excluding carboxylic acids is 1. The molecule has 0 unspecified atom stereocenters. The summed E-state index contributed by atoms with van der Waals surface area (Å²) in [6.07, 6.45) is 2.89. The second-order valence-electron chi connectivity index (χ2n) is 4.06. The van der Waals surface area contributed by atoms with Crippen molar-refractivity contribution in [3.05, 3.63) is 28.1 Å². The molecule has 0 bridgehead atoms. The molecule has 7 nitrogen and oxygen atoms in total. The third-order valence-electron chi connectivity index (χ3n) is 2.80. The van der Waals surface area contributed by atoms with Crippen molar-refractivity contribution >= 4 is 22.5 Å². The van der Waals surface area contributed by atoms with Gasteiger partial charge in [-0.1, -0.05) is 0 Å². The van der Waals surface area contributed by atoms with Crippen molar-refractivity contribution in [3.63, 3.8) is 0 Å². The molecule has 0 spiro atoms. The Morgan fingerprint density at radius 1 is 1.53 bits per heavy atom. The van der Waals surface area contributed by atoms with Crippen LogP contribution in [0.2, 0.25) is 0 Å². The van der Waals surface area contributed by atoms with Crippen molar-refractivity contribution in [1.29, 1.82) is 0 Å². The lowest BCUT2D eigenvalue weighted by molar-refractivity contribution is -0.385. The topological polar surface area (TPSA) is 102 Å². The number of aromatic nitrogens is 3. The molecule has 0 amide bonds. The van der Waals surface area contributed by atoms with E-state index in [-0.39, 0.29) is 17.4 Å². The van der Waals surface area contributed by atoms with E-state index in [1.165, 1.54) is 6.07 Å². The number of nitro groups is 1. The number of nitrogens with zero attached hydrogens (tertiary/aromatic N) is 3. The van der Waals surface area contributed by atoms with E-state index in [9.17, 15) is 14.9 Å². The van der Waals surface area contributed by atoms with Crippen LogP contribution in [0.1, 0.15) is 23.3 Å². The molecule has 17 heavy (non-hydrogen) atoms. The second-order valence-corrected chi connectivity index (χ2v) is 4.06. The number of hydrogen-bond acceptors (Lipinski definition) is 5. The molecule has 2 aromatic rings. The Morgan fingerprint density at radius 3 is 2.94 bits per heavy atom. The number of Topliss-reactive ketones (excluding diaryl/α,β-unsaturated/α-hetero) is 1. The summed E-state index contributed by atoms with van der Waals surface area (Å²) in [7, 11) is 0. The van der Waals surface area contributed by atoms with E-state index in [0.29, 0.717) is 16.7 Å². The molecule has 86 valence electrons. The Morgan fingerprint density at radius 2 is 2.29 bits per heavy atom. The normalized spacial score (nSPS) is 15.1. The molecule has 1 N–H and O–H groups in total. The first-order valence-electron chi connectivity index (χ1n) is 5.19. The van der Waals surface area contributed by atoms with E-state index < -0.39 is 4.92 Å². The van der Waals surface area contributed by atoms with Gasteiger partial charge in [-0.3, -0.25) is 20.0 Å². The summed E-state index contributed by atoms with van der Waals surface area (Å²) < 4.78 is 0. The summed E-state index contributed by atoms with van der Waals surface area (Å²) in [6.45, 7) is 0. The number of nitrogens with one attached hydrogen (secondary N) is 1. The maximum atomic E-state index is 11.9. The zero-order valence-electron chi connectivity index (χ0n) is 8.71. The minimum atomic E-state index is -0.537. The van der Waals surface area contributed by atoms with E-state index in [1.807, 2.05) is 0 Å². The predicted molar refractivity (Wildman–Crippen MR) is 57.6 cm³/mol. The van der Waals surface area contributed by atoms with Crippen LogP contribution in [-0.4, -0.2) is 25.9 Å². The van der Waals surface area contributed by atoms with Crippen molar-refractivity contribution in [2.24, 2.45) is 5.92 Å². The quantitative estimate of drug-likeness (QED) is 0.490. The molecule has 1 aliphatic carbocycles. The molecule has 0 radical (unpaired) electrons. The van der Waals surface area contributed by atoms with Gasteiger partial charge in [-0.05, 0) is 12.8 Å². The van der Waals surface area contributed by atoms with E-state index in [2.05, 4.69) is 15.2 Å². The number of H-pyrrole nitrogens is 1. The van der Waals surface area contributed by atoms with Gasteiger partial charge in [-0.25, -0.2) is 4.98 Å². The summed E-state index contributed by atoms with van der Waals surface area (Å²) in [5.74, 6) is 0.00714. The van der Waals surface area contributed by atoms with E-state index >= 15 is 0 Å². The smallest absolute Gasteiger partial charge is 0.288 e. The largest absolute Gasteiger partial charge is 0.292 e. The maximum Gasteiger partial charge on any atom is 0.288 e. The average molecular weight is 232 g/mol. The minimum absolute atomic E-state index is 0.0326. The van der Waals surface area contributed by atoms with Crippen LogP contribution in [0.15, 0.2) is 12.3 Å². The van der Waals surface area contributed by atoms with Gasteiger partial charge in [0.25, 0.3) is 5.69 Å². The fourth-order valence-electron chi connectivity index (χ4n) is 1.73. The molecule has 1 aliphatic rings. The van der Waals surface area contributed by atoms with E-state index in [0.717, 1.165) is 19.0 Å². The fourth-order valence-corrected chi connectivity index (χ4v) is 1.73. The molecule has 0 atom stereocenters. The first-order chi connectivity index (χ1) is 8.16. The van der Waals surface area contributed by atoms with Gasteiger partial charge in [0.2, 0.25) is 0 Å². The Hall–Kier alpha value is -2.31. The highest BCUT2D eigenvalue weighted by molar-refractivity contribution is 6.07.